The molecule has 0 unspecified atom stereocenters. The summed E-state index contributed by atoms with van der Waals surface area (Å²) in [6, 6.07) is 8.43. The van der Waals surface area contributed by atoms with E-state index >= 15 is 0 Å². The second kappa shape index (κ2) is 7.57. The Kier molecular flexibility index (Phi) is 5.21. The summed E-state index contributed by atoms with van der Waals surface area (Å²) in [5.74, 6) is -0.138. The molecule has 7 nitrogen and oxygen atoms in total. The Balaban J connectivity index is 1.75. The Morgan fingerprint density at radius 3 is 2.59 bits per heavy atom. The number of H-pyrrole nitrogens is 1. The minimum atomic E-state index is -0.214. The van der Waals surface area contributed by atoms with E-state index in [-0.39, 0.29) is 22.9 Å². The summed E-state index contributed by atoms with van der Waals surface area (Å²) in [5.41, 5.74) is 1.58. The minimum Gasteiger partial charge on any atom is -0.347 e. The topological polar surface area (TPSA) is 92.7 Å². The molecule has 27 heavy (non-hydrogen) atoms. The molecule has 0 aliphatic carbocycles. The number of hydrogen-bond acceptors (Lipinski definition) is 4. The number of benzene rings is 1. The largest absolute Gasteiger partial charge is 0.347 e. The fourth-order valence-corrected chi connectivity index (χ4v) is 2.70. The fraction of sp³-hybridized carbons (Fsp3) is 0.300. The van der Waals surface area contributed by atoms with Crippen LogP contribution in [0.5, 0.6) is 0 Å². The number of aromatic amines is 1. The molecule has 0 radical (unpaired) electrons. The van der Waals surface area contributed by atoms with Crippen molar-refractivity contribution in [3.05, 3.63) is 71.3 Å². The van der Waals surface area contributed by atoms with Gasteiger partial charge in [0.25, 0.3) is 11.5 Å². The number of amides is 1. The fourth-order valence-electron chi connectivity index (χ4n) is 2.70. The van der Waals surface area contributed by atoms with E-state index in [0.717, 1.165) is 5.56 Å². The third-order valence-electron chi connectivity index (χ3n) is 4.42. The molecule has 0 aliphatic rings. The molecule has 2 aromatic heterocycles. The average Bonchev–Trinajstić information content (AvgIpc) is 3.14. The third-order valence-corrected chi connectivity index (χ3v) is 4.42. The lowest BCUT2D eigenvalue weighted by molar-refractivity contribution is 0.0892. The van der Waals surface area contributed by atoms with Gasteiger partial charge in [-0.15, -0.1) is 0 Å². The van der Waals surface area contributed by atoms with Crippen LogP contribution < -0.4 is 10.9 Å². The van der Waals surface area contributed by atoms with Gasteiger partial charge in [0.2, 0.25) is 0 Å². The smallest absolute Gasteiger partial charge is 0.251 e. The highest BCUT2D eigenvalue weighted by molar-refractivity contribution is 5.94. The summed E-state index contributed by atoms with van der Waals surface area (Å²) in [6.45, 7) is 6.92. The summed E-state index contributed by atoms with van der Waals surface area (Å²) in [5, 5.41) is 3.12. The van der Waals surface area contributed by atoms with Gasteiger partial charge in [-0.3, -0.25) is 9.59 Å². The molecular weight excluding hydrogens is 342 g/mol. The van der Waals surface area contributed by atoms with Gasteiger partial charge < -0.3 is 14.9 Å². The summed E-state index contributed by atoms with van der Waals surface area (Å²) in [4.78, 5) is 34.8. The van der Waals surface area contributed by atoms with Gasteiger partial charge >= 0.3 is 0 Å². The first-order valence-electron chi connectivity index (χ1n) is 8.75. The molecule has 0 fully saturated rings. The molecule has 2 N–H and O–H groups in total. The number of nitrogens with zero attached hydrogens (tertiary/aromatic N) is 3. The van der Waals surface area contributed by atoms with Gasteiger partial charge in [0.1, 0.15) is 0 Å². The van der Waals surface area contributed by atoms with Crippen LogP contribution in [0.3, 0.4) is 0 Å². The summed E-state index contributed by atoms with van der Waals surface area (Å²) in [6.07, 6.45) is 6.72. The molecule has 0 bridgehead atoms. The second-order valence-electron chi connectivity index (χ2n) is 7.53. The van der Waals surface area contributed by atoms with Crippen molar-refractivity contribution in [3.8, 4) is 11.3 Å². The predicted molar refractivity (Wildman–Crippen MR) is 103 cm³/mol. The predicted octanol–water partition coefficient (Wildman–Crippen LogP) is 2.48. The first-order valence-corrected chi connectivity index (χ1v) is 8.75. The SMILES string of the molecule is CC(C)(C)[C@H](Cn1ccnc1)NC(=O)c1ccc(-c2cc(=O)[nH]cn2)cc1. The zero-order chi connectivity index (χ0) is 19.4. The van der Waals surface area contributed by atoms with Gasteiger partial charge in [0.05, 0.1) is 24.4 Å². The summed E-state index contributed by atoms with van der Waals surface area (Å²) >= 11 is 0. The van der Waals surface area contributed by atoms with E-state index in [1.54, 1.807) is 36.8 Å². The van der Waals surface area contributed by atoms with E-state index in [1.807, 2.05) is 10.8 Å². The molecule has 3 rings (SSSR count). The van der Waals surface area contributed by atoms with E-state index < -0.39 is 0 Å². The lowest BCUT2D eigenvalue weighted by Crippen LogP contribution is -2.46. The van der Waals surface area contributed by atoms with Crippen molar-refractivity contribution in [1.82, 2.24) is 24.8 Å². The van der Waals surface area contributed by atoms with Crippen molar-refractivity contribution < 1.29 is 4.79 Å². The minimum absolute atomic E-state index is 0.0618. The molecule has 0 saturated carbocycles. The van der Waals surface area contributed by atoms with Gasteiger partial charge in [-0.1, -0.05) is 32.9 Å². The van der Waals surface area contributed by atoms with Gasteiger partial charge in [-0.05, 0) is 17.5 Å². The van der Waals surface area contributed by atoms with E-state index in [4.69, 9.17) is 0 Å². The first kappa shape index (κ1) is 18.6. The van der Waals surface area contributed by atoms with Crippen LogP contribution in [-0.4, -0.2) is 31.5 Å². The van der Waals surface area contributed by atoms with Crippen molar-refractivity contribution in [2.24, 2.45) is 5.41 Å². The number of rotatable bonds is 5. The lowest BCUT2D eigenvalue weighted by atomic mass is 9.86. The van der Waals surface area contributed by atoms with Crippen LogP contribution in [0.1, 0.15) is 31.1 Å². The third kappa shape index (κ3) is 4.69. The van der Waals surface area contributed by atoms with Crippen LogP contribution in [0.15, 0.2) is 60.2 Å². The quantitative estimate of drug-likeness (QED) is 0.726. The van der Waals surface area contributed by atoms with Crippen LogP contribution in [-0.2, 0) is 6.54 Å². The monoisotopic (exact) mass is 365 g/mol. The highest BCUT2D eigenvalue weighted by Crippen LogP contribution is 2.22. The maximum Gasteiger partial charge on any atom is 0.251 e. The Morgan fingerprint density at radius 1 is 1.26 bits per heavy atom. The number of aromatic nitrogens is 4. The molecule has 2 heterocycles. The molecule has 3 aromatic rings. The van der Waals surface area contributed by atoms with E-state index in [2.05, 4.69) is 41.0 Å². The van der Waals surface area contributed by atoms with Gasteiger partial charge in [0.15, 0.2) is 0 Å². The summed E-state index contributed by atoms with van der Waals surface area (Å²) in [7, 11) is 0. The van der Waals surface area contributed by atoms with E-state index in [9.17, 15) is 9.59 Å². The van der Waals surface area contributed by atoms with Crippen LogP contribution in [0.25, 0.3) is 11.3 Å². The molecule has 7 heteroatoms. The standard InChI is InChI=1S/C20H23N5O2/c1-20(2,3)17(11-25-9-8-21-13-25)24-19(27)15-6-4-14(5-7-15)16-10-18(26)23-12-22-16/h4-10,12-13,17H,11H2,1-3H3,(H,24,27)(H,22,23,26)/t17-/m0/s1. The Labute approximate surface area is 157 Å². The van der Waals surface area contributed by atoms with Crippen molar-refractivity contribution in [1.29, 1.82) is 0 Å². The van der Waals surface area contributed by atoms with Crippen molar-refractivity contribution >= 4 is 5.91 Å². The van der Waals surface area contributed by atoms with E-state index in [1.165, 1.54) is 12.4 Å². The van der Waals surface area contributed by atoms with Gasteiger partial charge in [0, 0.05) is 36.1 Å². The maximum absolute atomic E-state index is 12.7. The molecule has 0 saturated heterocycles. The van der Waals surface area contributed by atoms with Crippen LogP contribution in [0, 0.1) is 5.41 Å². The number of imidazole rings is 1. The Morgan fingerprint density at radius 2 is 2.00 bits per heavy atom. The first-order chi connectivity index (χ1) is 12.8. The zero-order valence-corrected chi connectivity index (χ0v) is 15.6. The molecule has 1 atom stereocenters. The normalized spacial score (nSPS) is 12.6. The number of carbonyl (C=O) groups excluding carboxylic acids is 1. The number of nitrogens with one attached hydrogen (secondary N) is 2. The lowest BCUT2D eigenvalue weighted by Gasteiger charge is -2.31. The van der Waals surface area contributed by atoms with E-state index in [0.29, 0.717) is 17.8 Å². The number of carbonyl (C=O) groups is 1. The Hall–Kier alpha value is -3.22. The second-order valence-corrected chi connectivity index (χ2v) is 7.53. The van der Waals surface area contributed by atoms with Gasteiger partial charge in [-0.25, -0.2) is 9.97 Å². The van der Waals surface area contributed by atoms with Crippen LogP contribution in [0.4, 0.5) is 0 Å². The molecule has 0 aliphatic heterocycles. The molecular formula is C20H23N5O2. The molecule has 1 aromatic carbocycles. The molecule has 0 spiro atoms. The highest BCUT2D eigenvalue weighted by Gasteiger charge is 2.27. The molecule has 1 amide bonds. The Bertz CT molecular complexity index is 953. The van der Waals surface area contributed by atoms with Crippen molar-refractivity contribution in [2.45, 2.75) is 33.4 Å². The average molecular weight is 365 g/mol. The summed E-state index contributed by atoms with van der Waals surface area (Å²) < 4.78 is 1.96. The zero-order valence-electron chi connectivity index (χ0n) is 15.6. The number of hydrogen-bond donors (Lipinski definition) is 2. The molecule has 140 valence electrons. The van der Waals surface area contributed by atoms with Crippen molar-refractivity contribution in [3.63, 3.8) is 0 Å². The highest BCUT2D eigenvalue weighted by atomic mass is 16.1. The van der Waals surface area contributed by atoms with Crippen LogP contribution in [0.2, 0.25) is 0 Å². The van der Waals surface area contributed by atoms with Crippen molar-refractivity contribution in [2.75, 3.05) is 0 Å². The maximum atomic E-state index is 12.7. The van der Waals surface area contributed by atoms with Crippen LogP contribution >= 0.6 is 0 Å². The van der Waals surface area contributed by atoms with Gasteiger partial charge in [-0.2, -0.15) is 0 Å².